The van der Waals surface area contributed by atoms with Crippen molar-refractivity contribution in [3.63, 3.8) is 0 Å². The highest BCUT2D eigenvalue weighted by Gasteiger charge is 2.42. The monoisotopic (exact) mass is 271 g/mol. The Hall–Kier alpha value is -1.08. The van der Waals surface area contributed by atoms with Crippen LogP contribution in [0.2, 0.25) is 0 Å². The molecule has 1 saturated heterocycles. The third-order valence-corrected chi connectivity index (χ3v) is 4.72. The van der Waals surface area contributed by atoms with Crippen molar-refractivity contribution in [3.05, 3.63) is 11.6 Å². The van der Waals surface area contributed by atoms with E-state index in [2.05, 4.69) is 10.3 Å². The Labute approximate surface area is 108 Å². The Kier molecular flexibility index (Phi) is 3.39. The average Bonchev–Trinajstić information content (AvgIpc) is 2.85. The molecule has 0 saturated carbocycles. The van der Waals surface area contributed by atoms with Gasteiger partial charge in [-0.1, -0.05) is 0 Å². The molecule has 0 aromatic carbocycles. The minimum absolute atomic E-state index is 0.176. The number of thiazole rings is 1. The van der Waals surface area contributed by atoms with Crippen LogP contribution in [0.4, 0.5) is 5.13 Å². The molecule has 1 fully saturated rings. The molecule has 1 aromatic rings. The minimum atomic E-state index is -0.420. The molecule has 0 aliphatic carbocycles. The molecule has 0 bridgehead atoms. The second kappa shape index (κ2) is 4.66. The fourth-order valence-electron chi connectivity index (χ4n) is 1.69. The third kappa shape index (κ3) is 2.44. The van der Waals surface area contributed by atoms with E-state index in [1.54, 1.807) is 28.2 Å². The second-order valence-electron chi connectivity index (χ2n) is 4.11. The van der Waals surface area contributed by atoms with Crippen molar-refractivity contribution in [1.29, 1.82) is 0 Å². The Bertz CT molecular complexity index is 419. The smallest absolute Gasteiger partial charge is 0.249 e. The van der Waals surface area contributed by atoms with Crippen LogP contribution in [0.15, 0.2) is 11.6 Å². The maximum absolute atomic E-state index is 12.0. The molecule has 1 unspecified atom stereocenters. The zero-order chi connectivity index (χ0) is 12.5. The molecule has 2 rings (SSSR count). The van der Waals surface area contributed by atoms with Crippen molar-refractivity contribution in [2.75, 3.05) is 11.1 Å². The fraction of sp³-hybridized carbons (Fsp3) is 0.500. The largest absolute Gasteiger partial charge is 0.318 e. The molecule has 92 valence electrons. The van der Waals surface area contributed by atoms with E-state index in [1.807, 2.05) is 13.8 Å². The summed E-state index contributed by atoms with van der Waals surface area (Å²) in [7, 11) is 0. The number of thioether (sulfide) groups is 1. The number of hydrogen-bond acceptors (Lipinski definition) is 5. The van der Waals surface area contributed by atoms with Crippen LogP contribution in [-0.4, -0.2) is 38.9 Å². The van der Waals surface area contributed by atoms with Gasteiger partial charge in [0.05, 0.1) is 4.87 Å². The van der Waals surface area contributed by atoms with Gasteiger partial charge >= 0.3 is 0 Å². The van der Waals surface area contributed by atoms with E-state index < -0.39 is 6.04 Å². The summed E-state index contributed by atoms with van der Waals surface area (Å²) in [6.07, 6.45) is 2.37. The lowest BCUT2D eigenvalue weighted by atomic mass is 10.2. The number of amides is 2. The summed E-state index contributed by atoms with van der Waals surface area (Å²) < 4.78 is 0. The number of anilines is 1. The maximum atomic E-state index is 12.0. The Morgan fingerprint density at radius 3 is 3.06 bits per heavy atom. The van der Waals surface area contributed by atoms with Gasteiger partial charge in [-0.3, -0.25) is 9.59 Å². The molecule has 1 N–H and O–H groups in total. The molecule has 1 atom stereocenters. The highest BCUT2D eigenvalue weighted by molar-refractivity contribution is 8.00. The molecule has 2 heterocycles. The molecule has 5 nitrogen and oxygen atoms in total. The molecule has 1 aliphatic heterocycles. The Morgan fingerprint density at radius 1 is 1.71 bits per heavy atom. The van der Waals surface area contributed by atoms with E-state index in [1.165, 1.54) is 11.3 Å². The van der Waals surface area contributed by atoms with Gasteiger partial charge in [-0.05, 0) is 13.8 Å². The zero-order valence-corrected chi connectivity index (χ0v) is 11.2. The van der Waals surface area contributed by atoms with Gasteiger partial charge in [0.2, 0.25) is 12.3 Å². The highest BCUT2D eigenvalue weighted by Crippen LogP contribution is 2.37. The molecule has 2 amide bonds. The minimum Gasteiger partial charge on any atom is -0.318 e. The van der Waals surface area contributed by atoms with Gasteiger partial charge in [0, 0.05) is 17.3 Å². The third-order valence-electron chi connectivity index (χ3n) is 2.63. The first kappa shape index (κ1) is 12.4. The summed E-state index contributed by atoms with van der Waals surface area (Å²) in [5, 5.41) is 5.08. The molecule has 1 aromatic heterocycles. The van der Waals surface area contributed by atoms with E-state index >= 15 is 0 Å². The first-order valence-electron chi connectivity index (χ1n) is 5.12. The summed E-state index contributed by atoms with van der Waals surface area (Å²) in [6.45, 7) is 3.87. The van der Waals surface area contributed by atoms with Gasteiger partial charge in [-0.15, -0.1) is 23.1 Å². The van der Waals surface area contributed by atoms with Crippen molar-refractivity contribution < 1.29 is 9.59 Å². The summed E-state index contributed by atoms with van der Waals surface area (Å²) in [4.78, 5) is 28.3. The quantitative estimate of drug-likeness (QED) is 0.844. The molecule has 0 radical (unpaired) electrons. The van der Waals surface area contributed by atoms with E-state index in [9.17, 15) is 9.59 Å². The average molecular weight is 271 g/mol. The summed E-state index contributed by atoms with van der Waals surface area (Å²) in [5.74, 6) is 0.438. The van der Waals surface area contributed by atoms with Gasteiger partial charge in [0.25, 0.3) is 0 Å². The number of aromatic nitrogens is 1. The molecular weight excluding hydrogens is 258 g/mol. The molecule has 1 aliphatic rings. The summed E-state index contributed by atoms with van der Waals surface area (Å²) in [6, 6.07) is -0.420. The number of hydrogen-bond donors (Lipinski definition) is 1. The van der Waals surface area contributed by atoms with Crippen LogP contribution in [0.5, 0.6) is 0 Å². The summed E-state index contributed by atoms with van der Waals surface area (Å²) >= 11 is 2.96. The van der Waals surface area contributed by atoms with Crippen LogP contribution in [0.3, 0.4) is 0 Å². The SMILES string of the molecule is CC1(C)SCC(C(=O)Nc2nccs2)N1C=O. The molecule has 7 heteroatoms. The second-order valence-corrected chi connectivity index (χ2v) is 6.63. The van der Waals surface area contributed by atoms with E-state index in [0.717, 1.165) is 6.41 Å². The molecule has 17 heavy (non-hydrogen) atoms. The van der Waals surface area contributed by atoms with Crippen molar-refractivity contribution in [3.8, 4) is 0 Å². The van der Waals surface area contributed by atoms with Crippen LogP contribution in [-0.2, 0) is 9.59 Å². The van der Waals surface area contributed by atoms with Crippen molar-refractivity contribution >= 4 is 40.5 Å². The van der Waals surface area contributed by atoms with E-state index in [0.29, 0.717) is 10.9 Å². The van der Waals surface area contributed by atoms with Gasteiger partial charge in [-0.25, -0.2) is 4.98 Å². The van der Waals surface area contributed by atoms with Crippen LogP contribution < -0.4 is 5.32 Å². The highest BCUT2D eigenvalue weighted by atomic mass is 32.2. The lowest BCUT2D eigenvalue weighted by molar-refractivity contribution is -0.130. The molecular formula is C10H13N3O2S2. The van der Waals surface area contributed by atoms with Crippen molar-refractivity contribution in [2.45, 2.75) is 24.8 Å². The molecule has 0 spiro atoms. The van der Waals surface area contributed by atoms with Crippen LogP contribution in [0.25, 0.3) is 0 Å². The Balaban J connectivity index is 2.07. The van der Waals surface area contributed by atoms with Crippen LogP contribution >= 0.6 is 23.1 Å². The lowest BCUT2D eigenvalue weighted by Crippen LogP contribution is -2.47. The normalized spacial score (nSPS) is 22.5. The zero-order valence-electron chi connectivity index (χ0n) is 9.54. The number of carbonyl (C=O) groups is 2. The predicted octanol–water partition coefficient (Wildman–Crippen LogP) is 1.39. The first-order valence-corrected chi connectivity index (χ1v) is 6.99. The number of rotatable bonds is 3. The van der Waals surface area contributed by atoms with Crippen LogP contribution in [0.1, 0.15) is 13.8 Å². The van der Waals surface area contributed by atoms with E-state index in [4.69, 9.17) is 0 Å². The van der Waals surface area contributed by atoms with Crippen LogP contribution in [0, 0.1) is 0 Å². The number of nitrogens with zero attached hydrogens (tertiary/aromatic N) is 2. The van der Waals surface area contributed by atoms with Gasteiger partial charge in [0.1, 0.15) is 6.04 Å². The standard InChI is InChI=1S/C10H13N3O2S2/c1-10(2)13(6-14)7(5-17-10)8(15)12-9-11-3-4-16-9/h3-4,6-7H,5H2,1-2H3,(H,11,12,15). The van der Waals surface area contributed by atoms with Gasteiger partial charge in [0.15, 0.2) is 5.13 Å². The van der Waals surface area contributed by atoms with Gasteiger partial charge < -0.3 is 10.2 Å². The predicted molar refractivity (Wildman–Crippen MR) is 69.0 cm³/mol. The van der Waals surface area contributed by atoms with E-state index in [-0.39, 0.29) is 10.8 Å². The van der Waals surface area contributed by atoms with Crippen molar-refractivity contribution in [1.82, 2.24) is 9.88 Å². The summed E-state index contributed by atoms with van der Waals surface area (Å²) in [5.41, 5.74) is 0. The number of nitrogens with one attached hydrogen (secondary N) is 1. The number of carbonyl (C=O) groups excluding carboxylic acids is 2. The van der Waals surface area contributed by atoms with Crippen molar-refractivity contribution in [2.24, 2.45) is 0 Å². The topological polar surface area (TPSA) is 62.3 Å². The fourth-order valence-corrected chi connectivity index (χ4v) is 3.42. The lowest BCUT2D eigenvalue weighted by Gasteiger charge is -2.29. The first-order chi connectivity index (χ1) is 8.04. The Morgan fingerprint density at radius 2 is 2.47 bits per heavy atom. The van der Waals surface area contributed by atoms with Gasteiger partial charge in [-0.2, -0.15) is 0 Å². The maximum Gasteiger partial charge on any atom is 0.249 e.